The minimum atomic E-state index is 0.316. The number of aryl methyl sites for hydroxylation is 1. The van der Waals surface area contributed by atoms with Crippen molar-refractivity contribution in [3.8, 4) is 0 Å². The van der Waals surface area contributed by atoms with E-state index in [9.17, 15) is 0 Å². The van der Waals surface area contributed by atoms with Crippen LogP contribution in [0.4, 0.5) is 0 Å². The van der Waals surface area contributed by atoms with Gasteiger partial charge in [0.1, 0.15) is 17.6 Å². The van der Waals surface area contributed by atoms with E-state index < -0.39 is 0 Å². The first kappa shape index (κ1) is 13.4. The van der Waals surface area contributed by atoms with Gasteiger partial charge in [0.25, 0.3) is 0 Å². The van der Waals surface area contributed by atoms with Gasteiger partial charge in [-0.1, -0.05) is 12.1 Å². The average Bonchev–Trinajstić information content (AvgIpc) is 3.26. The first-order chi connectivity index (χ1) is 10.8. The fourth-order valence-electron chi connectivity index (χ4n) is 2.78. The lowest BCUT2D eigenvalue weighted by molar-refractivity contribution is 0.193. The van der Waals surface area contributed by atoms with Crippen molar-refractivity contribution < 1.29 is 4.74 Å². The van der Waals surface area contributed by atoms with Crippen LogP contribution < -0.4 is 0 Å². The Morgan fingerprint density at radius 2 is 1.95 bits per heavy atom. The monoisotopic (exact) mass is 298 g/mol. The van der Waals surface area contributed by atoms with Gasteiger partial charge < -0.3 is 4.74 Å². The predicted octanol–water partition coefficient (Wildman–Crippen LogP) is 1.59. The highest BCUT2D eigenvalue weighted by Crippen LogP contribution is 2.22. The zero-order valence-electron chi connectivity index (χ0n) is 12.5. The van der Waals surface area contributed by atoms with Gasteiger partial charge in [-0.15, -0.1) is 0 Å². The second-order valence-corrected chi connectivity index (χ2v) is 5.48. The molecule has 1 unspecified atom stereocenters. The van der Waals surface area contributed by atoms with E-state index in [-0.39, 0.29) is 0 Å². The summed E-state index contributed by atoms with van der Waals surface area (Å²) in [4.78, 5) is 6.39. The second-order valence-electron chi connectivity index (χ2n) is 5.48. The molecule has 22 heavy (non-hydrogen) atoms. The van der Waals surface area contributed by atoms with Gasteiger partial charge in [0.15, 0.2) is 11.6 Å². The minimum absolute atomic E-state index is 0.316. The average molecular weight is 298 g/mol. The Balaban J connectivity index is 1.63. The summed E-state index contributed by atoms with van der Waals surface area (Å²) in [5.74, 6) is 2.09. The van der Waals surface area contributed by atoms with E-state index in [0.717, 1.165) is 48.9 Å². The van der Waals surface area contributed by atoms with Crippen molar-refractivity contribution in [3.63, 3.8) is 0 Å². The van der Waals surface area contributed by atoms with Crippen LogP contribution in [0, 0.1) is 0 Å². The second kappa shape index (κ2) is 5.49. The van der Waals surface area contributed by atoms with E-state index in [4.69, 9.17) is 9.72 Å². The maximum Gasteiger partial charge on any atom is 0.156 e. The molecule has 0 aliphatic carbocycles. The number of aromatic nitrogens is 6. The van der Waals surface area contributed by atoms with E-state index in [0.29, 0.717) is 12.5 Å². The Bertz CT molecular complexity index is 753. The minimum Gasteiger partial charge on any atom is -0.381 e. The molecule has 3 aromatic rings. The number of hydrogen-bond acceptors (Lipinski definition) is 5. The molecule has 3 heterocycles. The number of rotatable bonds is 4. The van der Waals surface area contributed by atoms with Crippen LogP contribution in [0.5, 0.6) is 0 Å². The van der Waals surface area contributed by atoms with Crippen LogP contribution in [-0.2, 0) is 17.8 Å². The lowest BCUT2D eigenvalue weighted by Crippen LogP contribution is -2.11. The fraction of sp³-hybridized carbons (Fsp3) is 0.467. The molecule has 0 spiro atoms. The Kier molecular flexibility index (Phi) is 3.34. The Hall–Kier alpha value is -2.28. The zero-order chi connectivity index (χ0) is 14.9. The van der Waals surface area contributed by atoms with Gasteiger partial charge in [0, 0.05) is 19.1 Å². The van der Waals surface area contributed by atoms with E-state index >= 15 is 0 Å². The lowest BCUT2D eigenvalue weighted by Gasteiger charge is -2.01. The Morgan fingerprint density at radius 3 is 2.59 bits per heavy atom. The Labute approximate surface area is 127 Å². The SMILES string of the molecule is CCn1nc(C2CCOC2)nc1Cn1nc2ccccc2n1. The zero-order valence-corrected chi connectivity index (χ0v) is 12.5. The quantitative estimate of drug-likeness (QED) is 0.731. The van der Waals surface area contributed by atoms with Crippen LogP contribution in [0.2, 0.25) is 0 Å². The number of fused-ring (bicyclic) bond motifs is 1. The highest BCUT2D eigenvalue weighted by molar-refractivity contribution is 5.72. The first-order valence-corrected chi connectivity index (χ1v) is 7.64. The van der Waals surface area contributed by atoms with Crippen molar-refractivity contribution in [2.24, 2.45) is 0 Å². The molecule has 1 aliphatic heterocycles. The molecule has 1 aliphatic rings. The third-order valence-electron chi connectivity index (χ3n) is 3.97. The van der Waals surface area contributed by atoms with E-state index in [2.05, 4.69) is 22.2 Å². The number of nitrogens with zero attached hydrogens (tertiary/aromatic N) is 6. The highest BCUT2D eigenvalue weighted by Gasteiger charge is 2.23. The number of ether oxygens (including phenoxy) is 1. The summed E-state index contributed by atoms with van der Waals surface area (Å²) in [7, 11) is 0. The van der Waals surface area contributed by atoms with Crippen LogP contribution >= 0.6 is 0 Å². The lowest BCUT2D eigenvalue weighted by atomic mass is 10.1. The molecule has 1 saturated heterocycles. The van der Waals surface area contributed by atoms with Crippen LogP contribution in [0.25, 0.3) is 11.0 Å². The standard InChI is InChI=1S/C15H18N6O/c1-2-20-14(16-15(19-20)11-7-8-22-10-11)9-21-17-12-5-3-4-6-13(12)18-21/h3-6,11H,2,7-10H2,1H3. The topological polar surface area (TPSA) is 70.7 Å². The molecular weight excluding hydrogens is 280 g/mol. The molecule has 1 atom stereocenters. The fourth-order valence-corrected chi connectivity index (χ4v) is 2.78. The molecule has 0 amide bonds. The number of benzene rings is 1. The van der Waals surface area contributed by atoms with Crippen LogP contribution in [-0.4, -0.2) is 43.0 Å². The van der Waals surface area contributed by atoms with E-state index in [1.165, 1.54) is 0 Å². The molecule has 114 valence electrons. The predicted molar refractivity (Wildman–Crippen MR) is 80.5 cm³/mol. The van der Waals surface area contributed by atoms with Gasteiger partial charge in [-0.25, -0.2) is 9.67 Å². The van der Waals surface area contributed by atoms with Crippen molar-refractivity contribution in [1.82, 2.24) is 29.8 Å². The largest absolute Gasteiger partial charge is 0.381 e. The van der Waals surface area contributed by atoms with Crippen molar-refractivity contribution >= 4 is 11.0 Å². The summed E-state index contributed by atoms with van der Waals surface area (Å²) in [6.45, 7) is 4.91. The molecule has 7 heteroatoms. The van der Waals surface area contributed by atoms with Crippen molar-refractivity contribution in [2.75, 3.05) is 13.2 Å². The van der Waals surface area contributed by atoms with Crippen LogP contribution in [0.1, 0.15) is 30.9 Å². The van der Waals surface area contributed by atoms with Crippen molar-refractivity contribution in [3.05, 3.63) is 35.9 Å². The summed E-state index contributed by atoms with van der Waals surface area (Å²) in [6, 6.07) is 7.86. The molecule has 1 aromatic carbocycles. The summed E-state index contributed by atoms with van der Waals surface area (Å²) in [5.41, 5.74) is 1.80. The maximum absolute atomic E-state index is 5.43. The molecule has 0 N–H and O–H groups in total. The molecular formula is C15H18N6O. The van der Waals surface area contributed by atoms with Gasteiger partial charge in [-0.3, -0.25) is 0 Å². The first-order valence-electron chi connectivity index (χ1n) is 7.64. The summed E-state index contributed by atoms with van der Waals surface area (Å²) in [5, 5.41) is 13.6. The van der Waals surface area contributed by atoms with Gasteiger partial charge in [0.2, 0.25) is 0 Å². The van der Waals surface area contributed by atoms with E-state index in [1.54, 1.807) is 4.80 Å². The van der Waals surface area contributed by atoms with Gasteiger partial charge >= 0.3 is 0 Å². The summed E-state index contributed by atoms with van der Waals surface area (Å²) in [6.07, 6.45) is 0.997. The van der Waals surface area contributed by atoms with Crippen molar-refractivity contribution in [1.29, 1.82) is 0 Å². The van der Waals surface area contributed by atoms with Crippen LogP contribution in [0.15, 0.2) is 24.3 Å². The van der Waals surface area contributed by atoms with E-state index in [1.807, 2.05) is 28.9 Å². The molecule has 0 saturated carbocycles. The normalized spacial score (nSPS) is 18.3. The number of hydrogen-bond donors (Lipinski definition) is 0. The molecule has 0 bridgehead atoms. The molecule has 4 rings (SSSR count). The molecule has 1 fully saturated rings. The summed E-state index contributed by atoms with van der Waals surface area (Å²) >= 11 is 0. The highest BCUT2D eigenvalue weighted by atomic mass is 16.5. The van der Waals surface area contributed by atoms with Gasteiger partial charge in [-0.05, 0) is 25.5 Å². The van der Waals surface area contributed by atoms with Crippen molar-refractivity contribution in [2.45, 2.75) is 32.4 Å². The van der Waals surface area contributed by atoms with Crippen LogP contribution in [0.3, 0.4) is 0 Å². The third-order valence-corrected chi connectivity index (χ3v) is 3.97. The Morgan fingerprint density at radius 1 is 1.18 bits per heavy atom. The summed E-state index contributed by atoms with van der Waals surface area (Å²) < 4.78 is 7.37. The van der Waals surface area contributed by atoms with Gasteiger partial charge in [0.05, 0.1) is 6.61 Å². The molecule has 0 radical (unpaired) electrons. The molecule has 2 aromatic heterocycles. The smallest absolute Gasteiger partial charge is 0.156 e. The van der Waals surface area contributed by atoms with Gasteiger partial charge in [-0.2, -0.15) is 20.1 Å². The molecule has 7 nitrogen and oxygen atoms in total. The third kappa shape index (κ3) is 2.37. The maximum atomic E-state index is 5.43.